The molecule has 34 heavy (non-hydrogen) atoms. The van der Waals surface area contributed by atoms with Crippen LogP contribution in [0.2, 0.25) is 0 Å². The average molecular weight is 481 g/mol. The number of fused-ring (bicyclic) bond motifs is 1. The first-order chi connectivity index (χ1) is 16.3. The fourth-order valence-corrected chi connectivity index (χ4v) is 6.07. The van der Waals surface area contributed by atoms with Crippen LogP contribution in [-0.2, 0) is 26.0 Å². The van der Waals surface area contributed by atoms with Crippen molar-refractivity contribution in [2.45, 2.75) is 43.5 Å². The number of piperidine rings is 1. The summed E-state index contributed by atoms with van der Waals surface area (Å²) in [4.78, 5) is 27.8. The SMILES string of the molecule is C[C@@H](NC(=O)C1CCN(S(=O)(=O)c2ccc(C#N)cc2)CC1)C(=O)N1CCCc2ccccc21. The van der Waals surface area contributed by atoms with E-state index in [1.54, 1.807) is 11.8 Å². The number of rotatable bonds is 5. The Morgan fingerprint density at radius 1 is 1.06 bits per heavy atom. The number of nitriles is 1. The predicted octanol–water partition coefficient (Wildman–Crippen LogP) is 2.44. The molecule has 178 valence electrons. The molecular weight excluding hydrogens is 452 g/mol. The molecule has 0 aromatic heterocycles. The summed E-state index contributed by atoms with van der Waals surface area (Å²) in [5.41, 5.74) is 2.43. The highest BCUT2D eigenvalue weighted by atomic mass is 32.2. The van der Waals surface area contributed by atoms with E-state index in [0.717, 1.165) is 24.1 Å². The average Bonchev–Trinajstić information content (AvgIpc) is 2.88. The van der Waals surface area contributed by atoms with Crippen LogP contribution in [0.1, 0.15) is 37.3 Å². The highest BCUT2D eigenvalue weighted by Crippen LogP contribution is 2.28. The molecule has 4 rings (SSSR count). The molecule has 0 radical (unpaired) electrons. The summed E-state index contributed by atoms with van der Waals surface area (Å²) in [6.07, 6.45) is 2.59. The van der Waals surface area contributed by atoms with Gasteiger partial charge in [0, 0.05) is 31.2 Å². The molecule has 9 heteroatoms. The van der Waals surface area contributed by atoms with Gasteiger partial charge in [-0.25, -0.2) is 8.42 Å². The Labute approximate surface area is 200 Å². The van der Waals surface area contributed by atoms with Gasteiger partial charge in [0.2, 0.25) is 21.8 Å². The topological polar surface area (TPSA) is 111 Å². The molecule has 0 spiro atoms. The third kappa shape index (κ3) is 4.83. The van der Waals surface area contributed by atoms with Crippen LogP contribution in [0.4, 0.5) is 5.69 Å². The van der Waals surface area contributed by atoms with Gasteiger partial charge in [0.1, 0.15) is 6.04 Å². The van der Waals surface area contributed by atoms with Crippen molar-refractivity contribution in [2.24, 2.45) is 5.92 Å². The van der Waals surface area contributed by atoms with Gasteiger partial charge in [0.15, 0.2) is 0 Å². The molecule has 2 aliphatic rings. The van der Waals surface area contributed by atoms with E-state index in [9.17, 15) is 18.0 Å². The lowest BCUT2D eigenvalue weighted by Gasteiger charge is -2.33. The number of para-hydroxylation sites is 1. The monoisotopic (exact) mass is 480 g/mol. The number of sulfonamides is 1. The molecule has 2 amide bonds. The number of benzene rings is 2. The Morgan fingerprint density at radius 2 is 1.74 bits per heavy atom. The van der Waals surface area contributed by atoms with Gasteiger partial charge in [-0.3, -0.25) is 9.59 Å². The number of hydrogen-bond donors (Lipinski definition) is 1. The Hall–Kier alpha value is -3.22. The highest BCUT2D eigenvalue weighted by Gasteiger charge is 2.34. The van der Waals surface area contributed by atoms with Gasteiger partial charge >= 0.3 is 0 Å². The molecule has 8 nitrogen and oxygen atoms in total. The predicted molar refractivity (Wildman–Crippen MR) is 127 cm³/mol. The molecule has 0 aliphatic carbocycles. The van der Waals surface area contributed by atoms with E-state index in [4.69, 9.17) is 5.26 Å². The van der Waals surface area contributed by atoms with Crippen LogP contribution >= 0.6 is 0 Å². The third-order valence-corrected chi connectivity index (χ3v) is 8.46. The summed E-state index contributed by atoms with van der Waals surface area (Å²) in [6.45, 7) is 2.77. The number of carbonyl (C=O) groups excluding carboxylic acids is 2. The molecule has 1 N–H and O–H groups in total. The van der Waals surface area contributed by atoms with Crippen LogP contribution in [0, 0.1) is 17.2 Å². The van der Waals surface area contributed by atoms with Crippen molar-refractivity contribution in [3.8, 4) is 6.07 Å². The van der Waals surface area contributed by atoms with E-state index in [-0.39, 0.29) is 35.7 Å². The van der Waals surface area contributed by atoms with Crippen molar-refractivity contribution in [3.05, 3.63) is 59.7 Å². The van der Waals surface area contributed by atoms with Crippen molar-refractivity contribution >= 4 is 27.5 Å². The van der Waals surface area contributed by atoms with Crippen molar-refractivity contribution in [1.29, 1.82) is 5.26 Å². The first-order valence-electron chi connectivity index (χ1n) is 11.5. The zero-order chi connectivity index (χ0) is 24.3. The number of nitrogens with one attached hydrogen (secondary N) is 1. The maximum absolute atomic E-state index is 13.1. The molecular formula is C25H28N4O4S. The maximum atomic E-state index is 13.1. The zero-order valence-corrected chi connectivity index (χ0v) is 19.9. The molecule has 1 saturated heterocycles. The molecule has 2 aromatic rings. The second kappa shape index (κ2) is 9.95. The van der Waals surface area contributed by atoms with Crippen LogP contribution in [-0.4, -0.2) is 50.2 Å². The smallest absolute Gasteiger partial charge is 0.249 e. The summed E-state index contributed by atoms with van der Waals surface area (Å²) in [5.74, 6) is -0.709. The fraction of sp³-hybridized carbons (Fsp3) is 0.400. The second-order valence-corrected chi connectivity index (χ2v) is 10.7. The van der Waals surface area contributed by atoms with E-state index < -0.39 is 16.1 Å². The van der Waals surface area contributed by atoms with E-state index in [1.165, 1.54) is 28.6 Å². The number of carbonyl (C=O) groups is 2. The molecule has 2 heterocycles. The lowest BCUT2D eigenvalue weighted by atomic mass is 9.96. The number of hydrogen-bond acceptors (Lipinski definition) is 5. The third-order valence-electron chi connectivity index (χ3n) is 6.55. The second-order valence-electron chi connectivity index (χ2n) is 8.77. The number of nitrogens with zero attached hydrogens (tertiary/aromatic N) is 3. The van der Waals surface area contributed by atoms with E-state index in [2.05, 4.69) is 5.32 Å². The Morgan fingerprint density at radius 3 is 2.41 bits per heavy atom. The van der Waals surface area contributed by atoms with Crippen LogP contribution in [0.3, 0.4) is 0 Å². The summed E-state index contributed by atoms with van der Waals surface area (Å²) in [7, 11) is -3.68. The Bertz CT molecular complexity index is 1210. The molecule has 0 unspecified atom stereocenters. The van der Waals surface area contributed by atoms with Crippen LogP contribution in [0.15, 0.2) is 53.4 Å². The van der Waals surface area contributed by atoms with Crippen molar-refractivity contribution < 1.29 is 18.0 Å². The Balaban J connectivity index is 1.34. The minimum absolute atomic E-state index is 0.135. The van der Waals surface area contributed by atoms with Crippen LogP contribution in [0.5, 0.6) is 0 Å². The molecule has 2 aliphatic heterocycles. The summed E-state index contributed by atoms with van der Waals surface area (Å²) < 4.78 is 27.2. The molecule has 0 saturated carbocycles. The molecule has 1 fully saturated rings. The minimum Gasteiger partial charge on any atom is -0.344 e. The van der Waals surface area contributed by atoms with Gasteiger partial charge in [0.25, 0.3) is 0 Å². The van der Waals surface area contributed by atoms with E-state index >= 15 is 0 Å². The van der Waals surface area contributed by atoms with Crippen molar-refractivity contribution in [2.75, 3.05) is 24.5 Å². The number of amides is 2. The quantitative estimate of drug-likeness (QED) is 0.707. The largest absolute Gasteiger partial charge is 0.344 e. The fourth-order valence-electron chi connectivity index (χ4n) is 4.60. The highest BCUT2D eigenvalue weighted by molar-refractivity contribution is 7.89. The maximum Gasteiger partial charge on any atom is 0.249 e. The normalized spacial score (nSPS) is 17.9. The van der Waals surface area contributed by atoms with E-state index in [1.807, 2.05) is 30.3 Å². The zero-order valence-electron chi connectivity index (χ0n) is 19.1. The lowest BCUT2D eigenvalue weighted by molar-refractivity contribution is -0.130. The number of aryl methyl sites for hydroxylation is 1. The van der Waals surface area contributed by atoms with Gasteiger partial charge in [-0.1, -0.05) is 18.2 Å². The van der Waals surface area contributed by atoms with Crippen LogP contribution in [0.25, 0.3) is 0 Å². The van der Waals surface area contributed by atoms with Gasteiger partial charge in [-0.2, -0.15) is 9.57 Å². The first-order valence-corrected chi connectivity index (χ1v) is 12.9. The standard InChI is InChI=1S/C25H28N4O4S/c1-18(25(31)29-14-4-6-20-5-2-3-7-23(20)29)27-24(30)21-12-15-28(16-13-21)34(32,33)22-10-8-19(17-26)9-11-22/h2-3,5,7-11,18,21H,4,6,12-16H2,1H3,(H,27,30)/t18-/m1/s1. The van der Waals surface area contributed by atoms with Gasteiger partial charge in [-0.05, 0) is 68.5 Å². The van der Waals surface area contributed by atoms with Gasteiger partial charge in [-0.15, -0.1) is 0 Å². The van der Waals surface area contributed by atoms with Crippen LogP contribution < -0.4 is 10.2 Å². The summed E-state index contributed by atoms with van der Waals surface area (Å²) in [6, 6.07) is 15.0. The number of anilines is 1. The van der Waals surface area contributed by atoms with Crippen molar-refractivity contribution in [1.82, 2.24) is 9.62 Å². The summed E-state index contributed by atoms with van der Waals surface area (Å²) >= 11 is 0. The molecule has 2 aromatic carbocycles. The summed E-state index contributed by atoms with van der Waals surface area (Å²) in [5, 5.41) is 11.8. The Kier molecular flexibility index (Phi) is 7.00. The van der Waals surface area contributed by atoms with Gasteiger partial charge in [0.05, 0.1) is 16.5 Å². The van der Waals surface area contributed by atoms with E-state index in [0.29, 0.717) is 24.9 Å². The first kappa shape index (κ1) is 23.9. The molecule has 1 atom stereocenters. The minimum atomic E-state index is -3.68. The van der Waals surface area contributed by atoms with Gasteiger partial charge < -0.3 is 10.2 Å². The molecule has 0 bridgehead atoms. The van der Waals surface area contributed by atoms with Crippen molar-refractivity contribution in [3.63, 3.8) is 0 Å². The lowest BCUT2D eigenvalue weighted by Crippen LogP contribution is -2.51.